The molecule has 1 aromatic heterocycles. The van der Waals surface area contributed by atoms with Crippen LogP contribution in [0, 0.1) is 5.92 Å². The first-order valence-electron chi connectivity index (χ1n) is 12.2. The van der Waals surface area contributed by atoms with E-state index in [0.29, 0.717) is 45.6 Å². The molecular formula is C27H33ClN4O3. The molecule has 7 nitrogen and oxygen atoms in total. The van der Waals surface area contributed by atoms with Gasteiger partial charge in [-0.3, -0.25) is 14.2 Å². The first kappa shape index (κ1) is 25.2. The number of hydrogen-bond acceptors (Lipinski definition) is 5. The van der Waals surface area contributed by atoms with E-state index in [1.165, 1.54) is 17.4 Å². The van der Waals surface area contributed by atoms with Crippen molar-refractivity contribution in [3.8, 4) is 17.1 Å². The van der Waals surface area contributed by atoms with Crippen molar-refractivity contribution in [2.45, 2.75) is 46.2 Å². The summed E-state index contributed by atoms with van der Waals surface area (Å²) < 4.78 is 7.45. The molecule has 0 radical (unpaired) electrons. The zero-order valence-electron chi connectivity index (χ0n) is 20.6. The molecular weight excluding hydrogens is 464 g/mol. The predicted octanol–water partition coefficient (Wildman–Crippen LogP) is 4.35. The lowest BCUT2D eigenvalue weighted by molar-refractivity contribution is -0.122. The van der Waals surface area contributed by atoms with Gasteiger partial charge in [0.2, 0.25) is 5.91 Å². The Labute approximate surface area is 211 Å². The number of fused-ring (bicyclic) bond motifs is 1. The highest BCUT2D eigenvalue weighted by Gasteiger charge is 2.18. The van der Waals surface area contributed by atoms with Crippen molar-refractivity contribution in [3.63, 3.8) is 0 Å². The quantitative estimate of drug-likeness (QED) is 0.476. The lowest BCUT2D eigenvalue weighted by Gasteiger charge is -2.20. The van der Waals surface area contributed by atoms with E-state index in [-0.39, 0.29) is 24.1 Å². The Morgan fingerprint density at radius 2 is 1.91 bits per heavy atom. The molecule has 1 fully saturated rings. The predicted molar refractivity (Wildman–Crippen MR) is 140 cm³/mol. The number of carbonyl (C=O) groups excluding carboxylic acids is 1. The van der Waals surface area contributed by atoms with Crippen LogP contribution in [-0.2, 0) is 11.3 Å². The lowest BCUT2D eigenvalue weighted by atomic mass is 10.1. The van der Waals surface area contributed by atoms with Gasteiger partial charge in [0.25, 0.3) is 5.56 Å². The summed E-state index contributed by atoms with van der Waals surface area (Å²) in [5.74, 6) is 1.15. The topological polar surface area (TPSA) is 76.5 Å². The fraction of sp³-hybridized carbons (Fsp3) is 0.444. The Morgan fingerprint density at radius 1 is 1.14 bits per heavy atom. The second kappa shape index (κ2) is 11.2. The van der Waals surface area contributed by atoms with Crippen LogP contribution < -0.4 is 15.6 Å². The van der Waals surface area contributed by atoms with Crippen molar-refractivity contribution in [3.05, 3.63) is 57.8 Å². The highest BCUT2D eigenvalue weighted by atomic mass is 35.5. The van der Waals surface area contributed by atoms with Gasteiger partial charge in [-0.1, -0.05) is 30.7 Å². The van der Waals surface area contributed by atoms with E-state index in [1.54, 1.807) is 30.3 Å². The molecule has 1 aliphatic rings. The summed E-state index contributed by atoms with van der Waals surface area (Å²) in [6.07, 6.45) is 2.54. The lowest BCUT2D eigenvalue weighted by Crippen LogP contribution is -2.37. The number of benzene rings is 2. The van der Waals surface area contributed by atoms with Crippen LogP contribution in [0.4, 0.5) is 0 Å². The molecule has 2 aromatic carbocycles. The van der Waals surface area contributed by atoms with E-state index >= 15 is 0 Å². The Bertz CT molecular complexity index is 1250. The third kappa shape index (κ3) is 6.41. The van der Waals surface area contributed by atoms with Crippen LogP contribution in [0.15, 0.2) is 47.3 Å². The molecule has 3 aromatic rings. The summed E-state index contributed by atoms with van der Waals surface area (Å²) in [6.45, 7) is 9.70. The van der Waals surface area contributed by atoms with Crippen LogP contribution in [0.1, 0.15) is 33.6 Å². The van der Waals surface area contributed by atoms with E-state index in [9.17, 15) is 9.59 Å². The van der Waals surface area contributed by atoms with Gasteiger partial charge >= 0.3 is 0 Å². The summed E-state index contributed by atoms with van der Waals surface area (Å²) in [7, 11) is 0. The Hall–Kier alpha value is -2.90. The standard InChI is InChI=1S/C27H33ClN4O3/c1-18(2)29-25(33)16-32-26(20-7-6-8-21(28)13-20)30-24-10-9-22(14-23(24)27(32)34)35-17-19(3)15-31-11-4-5-12-31/h6-10,13-14,18-19H,4-5,11-12,15-17H2,1-3H3,(H,29,33). The second-order valence-electron chi connectivity index (χ2n) is 9.66. The van der Waals surface area contributed by atoms with Gasteiger partial charge in [0.1, 0.15) is 18.1 Å². The normalized spacial score (nSPS) is 15.0. The SMILES string of the molecule is CC(COc1ccc2nc(-c3cccc(Cl)c3)n(CC(=O)NC(C)C)c(=O)c2c1)CN1CCCC1. The second-order valence-corrected chi connectivity index (χ2v) is 10.1. The average molecular weight is 497 g/mol. The number of carbonyl (C=O) groups is 1. The third-order valence-corrected chi connectivity index (χ3v) is 6.30. The van der Waals surface area contributed by atoms with Crippen LogP contribution in [0.2, 0.25) is 5.02 Å². The van der Waals surface area contributed by atoms with E-state index in [0.717, 1.165) is 19.6 Å². The fourth-order valence-electron chi connectivity index (χ4n) is 4.49. The first-order valence-corrected chi connectivity index (χ1v) is 12.6. The molecule has 4 rings (SSSR count). The molecule has 1 atom stereocenters. The maximum absolute atomic E-state index is 13.6. The number of aromatic nitrogens is 2. The van der Waals surface area contributed by atoms with Crippen molar-refractivity contribution in [1.29, 1.82) is 0 Å². The van der Waals surface area contributed by atoms with Gasteiger partial charge in [-0.15, -0.1) is 0 Å². The fourth-order valence-corrected chi connectivity index (χ4v) is 4.68. The maximum atomic E-state index is 13.6. The highest BCUT2D eigenvalue weighted by Crippen LogP contribution is 2.24. The Morgan fingerprint density at radius 3 is 2.63 bits per heavy atom. The van der Waals surface area contributed by atoms with Crippen molar-refractivity contribution in [2.75, 3.05) is 26.2 Å². The number of likely N-dealkylation sites (tertiary alicyclic amines) is 1. The van der Waals surface area contributed by atoms with Crippen LogP contribution in [-0.4, -0.2) is 52.6 Å². The van der Waals surface area contributed by atoms with Gasteiger partial charge in [0, 0.05) is 29.1 Å². The number of hydrogen-bond donors (Lipinski definition) is 1. The van der Waals surface area contributed by atoms with Crippen molar-refractivity contribution >= 4 is 28.4 Å². The summed E-state index contributed by atoms with van der Waals surface area (Å²) in [6, 6.07) is 12.5. The molecule has 0 aliphatic carbocycles. The molecule has 1 unspecified atom stereocenters. The van der Waals surface area contributed by atoms with Gasteiger partial charge in [0.05, 0.1) is 17.5 Å². The van der Waals surface area contributed by atoms with Crippen LogP contribution in [0.3, 0.4) is 0 Å². The first-order chi connectivity index (χ1) is 16.8. The zero-order valence-corrected chi connectivity index (χ0v) is 21.3. The number of halogens is 1. The summed E-state index contributed by atoms with van der Waals surface area (Å²) >= 11 is 6.20. The number of ether oxygens (including phenoxy) is 1. The van der Waals surface area contributed by atoms with Gasteiger partial charge in [-0.25, -0.2) is 4.98 Å². The highest BCUT2D eigenvalue weighted by molar-refractivity contribution is 6.30. The molecule has 0 saturated carbocycles. The maximum Gasteiger partial charge on any atom is 0.262 e. The summed E-state index contributed by atoms with van der Waals surface area (Å²) in [5.41, 5.74) is 0.923. The number of amides is 1. The molecule has 186 valence electrons. The van der Waals surface area contributed by atoms with Gasteiger partial charge < -0.3 is 15.0 Å². The molecule has 35 heavy (non-hydrogen) atoms. The molecule has 8 heteroatoms. The Balaban J connectivity index is 1.65. The molecule has 1 aliphatic heterocycles. The van der Waals surface area contributed by atoms with Crippen molar-refractivity contribution < 1.29 is 9.53 Å². The minimum atomic E-state index is -0.292. The smallest absolute Gasteiger partial charge is 0.262 e. The van der Waals surface area contributed by atoms with Gasteiger partial charge in [-0.2, -0.15) is 0 Å². The van der Waals surface area contributed by atoms with Gasteiger partial charge in [-0.05, 0) is 70.1 Å². The van der Waals surface area contributed by atoms with Crippen LogP contribution in [0.5, 0.6) is 5.75 Å². The number of nitrogens with zero attached hydrogens (tertiary/aromatic N) is 3. The third-order valence-electron chi connectivity index (χ3n) is 6.06. The van der Waals surface area contributed by atoms with Crippen LogP contribution >= 0.6 is 11.6 Å². The minimum absolute atomic E-state index is 0.0382. The largest absolute Gasteiger partial charge is 0.493 e. The van der Waals surface area contributed by atoms with E-state index < -0.39 is 0 Å². The zero-order chi connectivity index (χ0) is 24.9. The van der Waals surface area contributed by atoms with Crippen molar-refractivity contribution in [2.24, 2.45) is 5.92 Å². The Kier molecular flexibility index (Phi) is 8.08. The van der Waals surface area contributed by atoms with E-state index in [4.69, 9.17) is 21.3 Å². The molecule has 1 N–H and O–H groups in total. The number of rotatable bonds is 9. The minimum Gasteiger partial charge on any atom is -0.493 e. The molecule has 2 heterocycles. The molecule has 1 saturated heterocycles. The molecule has 1 amide bonds. The molecule has 0 bridgehead atoms. The van der Waals surface area contributed by atoms with E-state index in [2.05, 4.69) is 17.1 Å². The van der Waals surface area contributed by atoms with Crippen molar-refractivity contribution in [1.82, 2.24) is 19.8 Å². The van der Waals surface area contributed by atoms with Gasteiger partial charge in [0.15, 0.2) is 0 Å². The summed E-state index contributed by atoms with van der Waals surface area (Å²) in [4.78, 5) is 33.4. The average Bonchev–Trinajstić information content (AvgIpc) is 3.32. The molecule has 0 spiro atoms. The monoisotopic (exact) mass is 496 g/mol. The summed E-state index contributed by atoms with van der Waals surface area (Å²) in [5, 5.41) is 3.79. The van der Waals surface area contributed by atoms with E-state index in [1.807, 2.05) is 26.0 Å². The number of nitrogens with one attached hydrogen (secondary N) is 1. The van der Waals surface area contributed by atoms with Crippen LogP contribution in [0.25, 0.3) is 22.3 Å².